The summed E-state index contributed by atoms with van der Waals surface area (Å²) < 4.78 is 19.0. The van der Waals surface area contributed by atoms with Crippen LogP contribution in [-0.2, 0) is 38.1 Å². The molecule has 0 aromatic heterocycles. The average molecular weight is 560 g/mol. The number of nitrogens with zero attached hydrogens (tertiary/aromatic N) is 4. The number of carbonyl (C=O) groups is 4. The Bertz CT molecular complexity index is 698. The summed E-state index contributed by atoms with van der Waals surface area (Å²) in [6.07, 6.45) is 1.17. The van der Waals surface area contributed by atoms with Crippen LogP contribution in [0.25, 0.3) is 0 Å². The largest absolute Gasteiger partial charge is 0.469 e. The van der Waals surface area contributed by atoms with Gasteiger partial charge in [0.15, 0.2) is 0 Å². The summed E-state index contributed by atoms with van der Waals surface area (Å²) in [6.45, 7) is 10.9. The number of hydrogen-bond acceptors (Lipinski definition) is 13. The smallest absolute Gasteiger partial charge is 0.306 e. The lowest BCUT2D eigenvalue weighted by Crippen LogP contribution is -2.50. The molecule has 0 unspecified atom stereocenters. The standard InChI is InChI=1S/C26H49N5O8/c1-36-23(32)5-9-27-10-14-30-18-21-31(22-19-30)20-17-29(13-8-26(35)39-4)16-15-28(11-6-24(33)37-2)12-7-25(34)38-3/h27H,5-22H2,1-4H3. The molecule has 226 valence electrons. The van der Waals surface area contributed by atoms with Gasteiger partial charge in [0.25, 0.3) is 0 Å². The molecule has 0 aromatic rings. The minimum absolute atomic E-state index is 0.202. The molecule has 1 saturated heterocycles. The van der Waals surface area contributed by atoms with E-state index in [1.54, 1.807) is 0 Å². The van der Waals surface area contributed by atoms with Crippen molar-refractivity contribution in [2.45, 2.75) is 25.7 Å². The van der Waals surface area contributed by atoms with E-state index in [0.717, 1.165) is 52.4 Å². The molecule has 1 heterocycles. The highest BCUT2D eigenvalue weighted by Gasteiger charge is 2.19. The van der Waals surface area contributed by atoms with Crippen LogP contribution in [0.15, 0.2) is 0 Å². The Labute approximate surface area is 233 Å². The minimum atomic E-state index is -0.295. The van der Waals surface area contributed by atoms with Crippen LogP contribution < -0.4 is 5.32 Å². The van der Waals surface area contributed by atoms with Crippen LogP contribution in [0.1, 0.15) is 25.7 Å². The fourth-order valence-electron chi connectivity index (χ4n) is 4.18. The molecular formula is C26H49N5O8. The second-order valence-corrected chi connectivity index (χ2v) is 9.42. The number of piperazine rings is 1. The number of carbonyl (C=O) groups excluding carboxylic acids is 4. The molecule has 0 amide bonds. The lowest BCUT2D eigenvalue weighted by molar-refractivity contribution is -0.142. The molecule has 13 nitrogen and oxygen atoms in total. The van der Waals surface area contributed by atoms with Gasteiger partial charge in [0.2, 0.25) is 0 Å². The molecule has 1 aliphatic heterocycles. The van der Waals surface area contributed by atoms with Crippen LogP contribution in [0.3, 0.4) is 0 Å². The van der Waals surface area contributed by atoms with Crippen molar-refractivity contribution in [3.63, 3.8) is 0 Å². The number of methoxy groups -OCH3 is 4. The zero-order chi connectivity index (χ0) is 28.9. The summed E-state index contributed by atoms with van der Waals surface area (Å²) in [5, 5.41) is 3.28. The second kappa shape index (κ2) is 21.5. The molecule has 1 N–H and O–H groups in total. The molecule has 0 bridgehead atoms. The zero-order valence-electron chi connectivity index (χ0n) is 24.3. The maximum atomic E-state index is 11.8. The molecule has 0 aromatic carbocycles. The molecular weight excluding hydrogens is 510 g/mol. The van der Waals surface area contributed by atoms with Crippen molar-refractivity contribution in [2.75, 3.05) is 120 Å². The first-order valence-corrected chi connectivity index (χ1v) is 13.7. The summed E-state index contributed by atoms with van der Waals surface area (Å²) in [6, 6.07) is 0. The lowest BCUT2D eigenvalue weighted by Gasteiger charge is -2.36. The summed E-state index contributed by atoms with van der Waals surface area (Å²) in [5.74, 6) is -1.04. The highest BCUT2D eigenvalue weighted by Crippen LogP contribution is 2.04. The van der Waals surface area contributed by atoms with Gasteiger partial charge in [-0.1, -0.05) is 0 Å². The average Bonchev–Trinajstić information content (AvgIpc) is 2.96. The van der Waals surface area contributed by atoms with E-state index in [9.17, 15) is 19.2 Å². The van der Waals surface area contributed by atoms with Crippen molar-refractivity contribution in [1.82, 2.24) is 24.9 Å². The monoisotopic (exact) mass is 559 g/mol. The Kier molecular flexibility index (Phi) is 19.1. The van der Waals surface area contributed by atoms with Gasteiger partial charge >= 0.3 is 23.9 Å². The maximum absolute atomic E-state index is 11.8. The topological polar surface area (TPSA) is 130 Å². The van der Waals surface area contributed by atoms with Gasteiger partial charge in [-0.25, -0.2) is 0 Å². The van der Waals surface area contributed by atoms with Crippen molar-refractivity contribution in [2.24, 2.45) is 0 Å². The van der Waals surface area contributed by atoms with Crippen LogP contribution in [0, 0.1) is 0 Å². The first-order valence-electron chi connectivity index (χ1n) is 13.7. The van der Waals surface area contributed by atoms with Crippen molar-refractivity contribution in [1.29, 1.82) is 0 Å². The normalized spacial score (nSPS) is 14.4. The third-order valence-electron chi connectivity index (χ3n) is 6.85. The fourth-order valence-corrected chi connectivity index (χ4v) is 4.18. The molecule has 0 radical (unpaired) electrons. The van der Waals surface area contributed by atoms with Crippen LogP contribution >= 0.6 is 0 Å². The molecule has 1 fully saturated rings. The van der Waals surface area contributed by atoms with Crippen molar-refractivity contribution < 1.29 is 38.1 Å². The maximum Gasteiger partial charge on any atom is 0.306 e. The Balaban J connectivity index is 2.49. The van der Waals surface area contributed by atoms with Crippen LogP contribution in [0.5, 0.6) is 0 Å². The SMILES string of the molecule is COC(=O)CCNCCN1CCN(CCN(CCC(=O)OC)CCN(CCC(=O)OC)CCC(=O)OC)CC1. The number of nitrogens with one attached hydrogen (secondary N) is 1. The van der Waals surface area contributed by atoms with E-state index in [1.165, 1.54) is 28.4 Å². The molecule has 0 saturated carbocycles. The molecule has 39 heavy (non-hydrogen) atoms. The van der Waals surface area contributed by atoms with E-state index in [2.05, 4.69) is 29.7 Å². The van der Waals surface area contributed by atoms with E-state index < -0.39 is 0 Å². The van der Waals surface area contributed by atoms with E-state index in [4.69, 9.17) is 14.2 Å². The first-order chi connectivity index (χ1) is 18.8. The summed E-state index contributed by atoms with van der Waals surface area (Å²) in [7, 11) is 5.51. The quantitative estimate of drug-likeness (QED) is 0.105. The first kappa shape index (κ1) is 34.7. The molecule has 0 atom stereocenters. The predicted molar refractivity (Wildman–Crippen MR) is 145 cm³/mol. The molecule has 1 aliphatic rings. The minimum Gasteiger partial charge on any atom is -0.469 e. The van der Waals surface area contributed by atoms with Gasteiger partial charge in [0.05, 0.1) is 54.1 Å². The van der Waals surface area contributed by atoms with Crippen LogP contribution in [0.2, 0.25) is 0 Å². The highest BCUT2D eigenvalue weighted by atomic mass is 16.5. The van der Waals surface area contributed by atoms with Crippen molar-refractivity contribution >= 4 is 23.9 Å². The Morgan fingerprint density at radius 2 is 0.923 bits per heavy atom. The summed E-state index contributed by atoms with van der Waals surface area (Å²) >= 11 is 0. The van der Waals surface area contributed by atoms with E-state index in [0.29, 0.717) is 52.1 Å². The summed E-state index contributed by atoms with van der Waals surface area (Å²) in [4.78, 5) is 55.4. The molecule has 1 rings (SSSR count). The van der Waals surface area contributed by atoms with E-state index in [1.807, 2.05) is 0 Å². The molecule has 0 aliphatic carbocycles. The van der Waals surface area contributed by atoms with Gasteiger partial charge in [-0.15, -0.1) is 0 Å². The van der Waals surface area contributed by atoms with Gasteiger partial charge in [-0.05, 0) is 0 Å². The third kappa shape index (κ3) is 17.1. The van der Waals surface area contributed by atoms with Crippen LogP contribution in [-0.4, -0.2) is 164 Å². The van der Waals surface area contributed by atoms with Crippen LogP contribution in [0.4, 0.5) is 0 Å². The molecule has 0 spiro atoms. The van der Waals surface area contributed by atoms with Crippen molar-refractivity contribution in [3.8, 4) is 0 Å². The Morgan fingerprint density at radius 3 is 1.36 bits per heavy atom. The van der Waals surface area contributed by atoms with Gasteiger partial charge in [-0.2, -0.15) is 0 Å². The second-order valence-electron chi connectivity index (χ2n) is 9.42. The number of esters is 4. The fraction of sp³-hybridized carbons (Fsp3) is 0.846. The van der Waals surface area contributed by atoms with Gasteiger partial charge in [0.1, 0.15) is 0 Å². The number of rotatable bonds is 21. The third-order valence-corrected chi connectivity index (χ3v) is 6.85. The van der Waals surface area contributed by atoms with Gasteiger partial charge in [0, 0.05) is 91.6 Å². The summed E-state index contributed by atoms with van der Waals surface area (Å²) in [5.41, 5.74) is 0. The van der Waals surface area contributed by atoms with E-state index in [-0.39, 0.29) is 36.7 Å². The molecule has 13 heteroatoms. The van der Waals surface area contributed by atoms with Gasteiger partial charge < -0.3 is 34.1 Å². The van der Waals surface area contributed by atoms with Gasteiger partial charge in [-0.3, -0.25) is 29.0 Å². The Morgan fingerprint density at radius 1 is 0.538 bits per heavy atom. The Hall–Kier alpha value is -2.32. The highest BCUT2D eigenvalue weighted by molar-refractivity contribution is 5.70. The number of ether oxygens (including phenoxy) is 4. The number of hydrogen-bond donors (Lipinski definition) is 1. The zero-order valence-corrected chi connectivity index (χ0v) is 24.3. The van der Waals surface area contributed by atoms with E-state index >= 15 is 0 Å². The predicted octanol–water partition coefficient (Wildman–Crippen LogP) is -0.950. The lowest BCUT2D eigenvalue weighted by atomic mass is 10.2. The van der Waals surface area contributed by atoms with Crippen molar-refractivity contribution in [3.05, 3.63) is 0 Å².